The lowest BCUT2D eigenvalue weighted by atomic mass is 10.1. The Kier molecular flexibility index (Phi) is 2.62. The molecule has 0 spiro atoms. The summed E-state index contributed by atoms with van der Waals surface area (Å²) in [7, 11) is 0. The predicted molar refractivity (Wildman–Crippen MR) is 52.9 cm³/mol. The van der Waals surface area contributed by atoms with Crippen molar-refractivity contribution in [2.75, 3.05) is 18.0 Å². The van der Waals surface area contributed by atoms with Crippen LogP contribution in [0.15, 0.2) is 0 Å². The highest BCUT2D eigenvalue weighted by Gasteiger charge is 2.21. The fourth-order valence-electron chi connectivity index (χ4n) is 1.62. The molecule has 1 fully saturated rings. The molecule has 1 aromatic heterocycles. The molecule has 0 atom stereocenters. The molecule has 1 aromatic rings. The quantitative estimate of drug-likeness (QED) is 0.800. The molecule has 0 aromatic carbocycles. The molecule has 0 aliphatic carbocycles. The molecule has 2 rings (SSSR count). The Balaban J connectivity index is 2.21. The van der Waals surface area contributed by atoms with E-state index in [4.69, 9.17) is 5.11 Å². The summed E-state index contributed by atoms with van der Waals surface area (Å²) >= 11 is 1.17. The van der Waals surface area contributed by atoms with E-state index in [2.05, 4.69) is 14.5 Å². The van der Waals surface area contributed by atoms with Gasteiger partial charge in [-0.1, -0.05) is 4.49 Å². The minimum Gasteiger partial charge on any atom is -0.476 e. The molecule has 1 aliphatic heterocycles. The van der Waals surface area contributed by atoms with Crippen LogP contribution in [0.2, 0.25) is 0 Å². The van der Waals surface area contributed by atoms with E-state index in [1.807, 2.05) is 0 Å². The maximum absolute atomic E-state index is 10.8. The fraction of sp³-hybridized carbons (Fsp3) is 0.625. The Morgan fingerprint density at radius 1 is 1.36 bits per heavy atom. The first kappa shape index (κ1) is 9.39. The lowest BCUT2D eigenvalue weighted by Crippen LogP contribution is -2.29. The van der Waals surface area contributed by atoms with Crippen LogP contribution in [0.4, 0.5) is 5.00 Å². The summed E-state index contributed by atoms with van der Waals surface area (Å²) in [6.07, 6.45) is 3.47. The summed E-state index contributed by atoms with van der Waals surface area (Å²) in [6.45, 7) is 1.84. The van der Waals surface area contributed by atoms with Crippen LogP contribution in [0.5, 0.6) is 0 Å². The molecule has 76 valence electrons. The molecule has 0 bridgehead atoms. The summed E-state index contributed by atoms with van der Waals surface area (Å²) in [5, 5.41) is 13.2. The number of nitrogens with zero attached hydrogens (tertiary/aromatic N) is 3. The largest absolute Gasteiger partial charge is 0.476 e. The average molecular weight is 213 g/mol. The van der Waals surface area contributed by atoms with Crippen molar-refractivity contribution in [1.29, 1.82) is 0 Å². The molecule has 6 heteroatoms. The van der Waals surface area contributed by atoms with Crippen LogP contribution >= 0.6 is 11.5 Å². The van der Waals surface area contributed by atoms with Gasteiger partial charge in [0.1, 0.15) is 5.00 Å². The van der Waals surface area contributed by atoms with Crippen molar-refractivity contribution < 1.29 is 9.90 Å². The van der Waals surface area contributed by atoms with Gasteiger partial charge in [-0.15, -0.1) is 5.10 Å². The number of rotatable bonds is 2. The fourth-order valence-corrected chi connectivity index (χ4v) is 2.34. The van der Waals surface area contributed by atoms with E-state index in [9.17, 15) is 4.79 Å². The van der Waals surface area contributed by atoms with Gasteiger partial charge in [-0.2, -0.15) is 0 Å². The third-order valence-corrected chi connectivity index (χ3v) is 3.10. The Hall–Kier alpha value is -1.17. The number of aromatic carboxylic acids is 1. The zero-order valence-electron chi connectivity index (χ0n) is 7.64. The zero-order chi connectivity index (χ0) is 9.97. The Morgan fingerprint density at radius 3 is 2.71 bits per heavy atom. The van der Waals surface area contributed by atoms with E-state index in [1.165, 1.54) is 18.0 Å². The van der Waals surface area contributed by atoms with Crippen LogP contribution in [0, 0.1) is 0 Å². The van der Waals surface area contributed by atoms with E-state index in [1.54, 1.807) is 0 Å². The van der Waals surface area contributed by atoms with Gasteiger partial charge in [0.15, 0.2) is 0 Å². The van der Waals surface area contributed by atoms with Gasteiger partial charge in [0.25, 0.3) is 0 Å². The van der Waals surface area contributed by atoms with Crippen LogP contribution in [0.3, 0.4) is 0 Å². The van der Waals surface area contributed by atoms with Crippen molar-refractivity contribution in [1.82, 2.24) is 9.59 Å². The molecule has 0 radical (unpaired) electrons. The molecule has 1 saturated heterocycles. The first-order chi connectivity index (χ1) is 6.79. The molecule has 1 aliphatic rings. The summed E-state index contributed by atoms with van der Waals surface area (Å²) in [4.78, 5) is 12.9. The van der Waals surface area contributed by atoms with Crippen LogP contribution in [-0.2, 0) is 0 Å². The predicted octanol–water partition coefficient (Wildman–Crippen LogP) is 1.23. The van der Waals surface area contributed by atoms with Crippen molar-refractivity contribution in [2.24, 2.45) is 0 Å². The standard InChI is InChI=1S/C8H11N3O2S/c12-8(13)6-7(14-10-9-6)11-4-2-1-3-5-11/h1-5H2,(H,12,13). The van der Waals surface area contributed by atoms with Crippen molar-refractivity contribution in [2.45, 2.75) is 19.3 Å². The summed E-state index contributed by atoms with van der Waals surface area (Å²) in [5.41, 5.74) is 0.0944. The lowest BCUT2D eigenvalue weighted by molar-refractivity contribution is 0.0691. The summed E-state index contributed by atoms with van der Waals surface area (Å²) < 4.78 is 3.69. The van der Waals surface area contributed by atoms with Crippen molar-refractivity contribution >= 4 is 22.5 Å². The van der Waals surface area contributed by atoms with E-state index >= 15 is 0 Å². The van der Waals surface area contributed by atoms with Crippen molar-refractivity contribution in [3.63, 3.8) is 0 Å². The highest BCUT2D eigenvalue weighted by atomic mass is 32.1. The van der Waals surface area contributed by atoms with E-state index in [0.29, 0.717) is 5.00 Å². The van der Waals surface area contributed by atoms with Gasteiger partial charge in [-0.25, -0.2) is 4.79 Å². The number of hydrogen-bond donors (Lipinski definition) is 1. The maximum Gasteiger partial charge on any atom is 0.359 e. The number of anilines is 1. The first-order valence-electron chi connectivity index (χ1n) is 4.59. The molecule has 1 N–H and O–H groups in total. The molecular weight excluding hydrogens is 202 g/mol. The van der Waals surface area contributed by atoms with Crippen molar-refractivity contribution in [3.05, 3.63) is 5.69 Å². The molecular formula is C8H11N3O2S. The molecule has 0 saturated carbocycles. The molecule has 14 heavy (non-hydrogen) atoms. The third-order valence-electron chi connectivity index (χ3n) is 2.32. The second-order valence-corrected chi connectivity index (χ2v) is 4.01. The molecule has 5 nitrogen and oxygen atoms in total. The number of carbonyl (C=O) groups is 1. The van der Waals surface area contributed by atoms with Crippen LogP contribution < -0.4 is 4.90 Å². The van der Waals surface area contributed by atoms with Gasteiger partial charge in [-0.05, 0) is 19.3 Å². The van der Waals surface area contributed by atoms with Gasteiger partial charge >= 0.3 is 5.97 Å². The van der Waals surface area contributed by atoms with Crippen molar-refractivity contribution in [3.8, 4) is 0 Å². The van der Waals surface area contributed by atoms with Crippen LogP contribution in [0.25, 0.3) is 0 Å². The third kappa shape index (κ3) is 1.70. The second kappa shape index (κ2) is 3.91. The highest BCUT2D eigenvalue weighted by molar-refractivity contribution is 7.10. The highest BCUT2D eigenvalue weighted by Crippen LogP contribution is 2.26. The Morgan fingerprint density at radius 2 is 2.07 bits per heavy atom. The van der Waals surface area contributed by atoms with Gasteiger partial charge < -0.3 is 10.0 Å². The number of carboxylic acid groups (broad SMARTS) is 1. The normalized spacial score (nSPS) is 17.0. The van der Waals surface area contributed by atoms with Crippen LogP contribution in [-0.4, -0.2) is 33.8 Å². The monoisotopic (exact) mass is 213 g/mol. The Bertz CT molecular complexity index is 333. The first-order valence-corrected chi connectivity index (χ1v) is 5.37. The number of piperidine rings is 1. The SMILES string of the molecule is O=C(O)c1nnsc1N1CCCCC1. The zero-order valence-corrected chi connectivity index (χ0v) is 8.46. The van der Waals surface area contributed by atoms with Gasteiger partial charge in [0, 0.05) is 24.6 Å². The van der Waals surface area contributed by atoms with Gasteiger partial charge in [0.05, 0.1) is 0 Å². The molecule has 0 amide bonds. The van der Waals surface area contributed by atoms with E-state index < -0.39 is 5.97 Å². The average Bonchev–Trinajstić information content (AvgIpc) is 2.67. The Labute approximate surface area is 85.5 Å². The summed E-state index contributed by atoms with van der Waals surface area (Å²) in [5.74, 6) is -0.987. The minimum absolute atomic E-state index is 0.0944. The van der Waals surface area contributed by atoms with Gasteiger partial charge in [-0.3, -0.25) is 0 Å². The number of carboxylic acids is 1. The van der Waals surface area contributed by atoms with E-state index in [-0.39, 0.29) is 5.69 Å². The number of aromatic nitrogens is 2. The minimum atomic E-state index is -0.987. The van der Waals surface area contributed by atoms with Gasteiger partial charge in [0.2, 0.25) is 5.69 Å². The van der Waals surface area contributed by atoms with Crippen LogP contribution in [0.1, 0.15) is 29.8 Å². The number of hydrogen-bond acceptors (Lipinski definition) is 5. The second-order valence-electron chi connectivity index (χ2n) is 3.28. The molecule has 0 unspecified atom stereocenters. The smallest absolute Gasteiger partial charge is 0.359 e. The van der Waals surface area contributed by atoms with E-state index in [0.717, 1.165) is 25.9 Å². The lowest BCUT2D eigenvalue weighted by Gasteiger charge is -2.26. The summed E-state index contributed by atoms with van der Waals surface area (Å²) in [6, 6.07) is 0. The maximum atomic E-state index is 10.8. The molecule has 2 heterocycles. The topological polar surface area (TPSA) is 66.3 Å².